The van der Waals surface area contributed by atoms with Crippen molar-refractivity contribution in [2.24, 2.45) is 17.8 Å². The molecule has 1 aliphatic carbocycles. The highest BCUT2D eigenvalue weighted by molar-refractivity contribution is 5.94. The smallest absolute Gasteiger partial charge is 0.310 e. The van der Waals surface area contributed by atoms with Gasteiger partial charge in [0.15, 0.2) is 0 Å². The van der Waals surface area contributed by atoms with Gasteiger partial charge in [-0.1, -0.05) is 32.8 Å². The molecular formula is C23H40O5. The fourth-order valence-corrected chi connectivity index (χ4v) is 4.60. The quantitative estimate of drug-likeness (QED) is 0.280. The number of hydrogen-bond acceptors (Lipinski definition) is 4. The summed E-state index contributed by atoms with van der Waals surface area (Å²) in [5.41, 5.74) is -0.799. The first-order valence-electron chi connectivity index (χ1n) is 11.0. The van der Waals surface area contributed by atoms with Gasteiger partial charge in [0.25, 0.3) is 0 Å². The van der Waals surface area contributed by atoms with Gasteiger partial charge in [-0.05, 0) is 69.1 Å². The predicted molar refractivity (Wildman–Crippen MR) is 111 cm³/mol. The van der Waals surface area contributed by atoms with E-state index in [2.05, 4.69) is 20.4 Å². The van der Waals surface area contributed by atoms with E-state index in [-0.39, 0.29) is 24.2 Å². The molecule has 0 aromatic heterocycles. The van der Waals surface area contributed by atoms with Gasteiger partial charge in [-0.3, -0.25) is 9.59 Å². The van der Waals surface area contributed by atoms with Gasteiger partial charge in [0.05, 0.1) is 11.7 Å². The lowest BCUT2D eigenvalue weighted by molar-refractivity contribution is -0.140. The number of aliphatic hydroxyl groups is 2. The Kier molecular flexibility index (Phi) is 11.0. The van der Waals surface area contributed by atoms with Crippen molar-refractivity contribution in [1.82, 2.24) is 0 Å². The largest absolute Gasteiger partial charge is 0.481 e. The predicted octanol–water partition coefficient (Wildman–Crippen LogP) is 4.50. The fourth-order valence-electron chi connectivity index (χ4n) is 4.60. The van der Waals surface area contributed by atoms with Crippen LogP contribution in [0, 0.1) is 17.8 Å². The summed E-state index contributed by atoms with van der Waals surface area (Å²) in [6, 6.07) is 0. The molecule has 1 saturated carbocycles. The second-order valence-corrected chi connectivity index (χ2v) is 8.86. The van der Waals surface area contributed by atoms with E-state index in [9.17, 15) is 19.8 Å². The number of aliphatic hydroxyl groups excluding tert-OH is 1. The monoisotopic (exact) mass is 396 g/mol. The minimum atomic E-state index is -1.06. The molecule has 0 spiro atoms. The molecule has 0 bridgehead atoms. The van der Waals surface area contributed by atoms with Crippen LogP contribution in [0.25, 0.3) is 0 Å². The van der Waals surface area contributed by atoms with Crippen LogP contribution in [0.3, 0.4) is 0 Å². The van der Waals surface area contributed by atoms with E-state index < -0.39 is 11.6 Å². The van der Waals surface area contributed by atoms with Crippen LogP contribution >= 0.6 is 0 Å². The second kappa shape index (κ2) is 12.4. The Morgan fingerprint density at radius 2 is 1.93 bits per heavy atom. The van der Waals surface area contributed by atoms with Gasteiger partial charge < -0.3 is 15.3 Å². The zero-order valence-corrected chi connectivity index (χ0v) is 17.7. The summed E-state index contributed by atoms with van der Waals surface area (Å²) in [7, 11) is 0. The van der Waals surface area contributed by atoms with Gasteiger partial charge >= 0.3 is 5.97 Å². The Hall–Kier alpha value is -1.20. The highest BCUT2D eigenvalue weighted by Crippen LogP contribution is 2.40. The summed E-state index contributed by atoms with van der Waals surface area (Å²) in [5, 5.41) is 29.7. The van der Waals surface area contributed by atoms with Gasteiger partial charge in [0.1, 0.15) is 12.2 Å². The second-order valence-electron chi connectivity index (χ2n) is 8.86. The molecule has 5 heteroatoms. The molecule has 1 fully saturated rings. The minimum Gasteiger partial charge on any atom is -0.481 e. The maximum absolute atomic E-state index is 11.6. The number of ketones is 1. The third-order valence-electron chi connectivity index (χ3n) is 6.39. The van der Waals surface area contributed by atoms with Crippen molar-refractivity contribution in [2.45, 2.75) is 103 Å². The highest BCUT2D eigenvalue weighted by atomic mass is 16.4. The molecule has 5 nitrogen and oxygen atoms in total. The van der Waals surface area contributed by atoms with E-state index in [0.717, 1.165) is 51.4 Å². The number of Topliss-reactive ketones (excluding diaryl/α,β-unsaturated/α-hetero) is 1. The third-order valence-corrected chi connectivity index (χ3v) is 6.39. The number of carbonyl (C=O) groups excluding carboxylic acids is 1. The Bertz CT molecular complexity index is 503. The first kappa shape index (κ1) is 24.8. The molecule has 28 heavy (non-hydrogen) atoms. The lowest BCUT2D eigenvalue weighted by atomic mass is 9.81. The summed E-state index contributed by atoms with van der Waals surface area (Å²) in [6.07, 6.45) is 10.0. The molecule has 162 valence electrons. The number of aliphatic carboxylic acids is 1. The number of carbonyl (C=O) groups is 2. The van der Waals surface area contributed by atoms with Crippen LogP contribution in [0.2, 0.25) is 0 Å². The van der Waals surface area contributed by atoms with E-state index in [4.69, 9.17) is 5.11 Å². The van der Waals surface area contributed by atoms with Crippen LogP contribution in [0.15, 0.2) is 12.7 Å². The van der Waals surface area contributed by atoms with Gasteiger partial charge in [-0.25, -0.2) is 0 Å². The molecule has 0 amide bonds. The SMILES string of the molecule is C=CC(O)(CCCC)CCC[C@@H]1[C@@H](CC(C)CCC(=O)CC(=O)O)CC[C@H]1O. The normalized spacial score (nSPS) is 25.2. The van der Waals surface area contributed by atoms with E-state index >= 15 is 0 Å². The Morgan fingerprint density at radius 3 is 2.54 bits per heavy atom. The topological polar surface area (TPSA) is 94.8 Å². The van der Waals surface area contributed by atoms with Crippen molar-refractivity contribution in [1.29, 1.82) is 0 Å². The molecule has 0 radical (unpaired) electrons. The molecular weight excluding hydrogens is 356 g/mol. The molecule has 0 saturated heterocycles. The zero-order chi connectivity index (χ0) is 21.2. The Morgan fingerprint density at radius 1 is 1.25 bits per heavy atom. The molecule has 1 rings (SSSR count). The lowest BCUT2D eigenvalue weighted by Gasteiger charge is -2.28. The van der Waals surface area contributed by atoms with E-state index in [1.807, 2.05) is 0 Å². The van der Waals surface area contributed by atoms with Crippen LogP contribution in [0.1, 0.15) is 90.9 Å². The van der Waals surface area contributed by atoms with Gasteiger partial charge in [0, 0.05) is 6.42 Å². The van der Waals surface area contributed by atoms with E-state index in [1.54, 1.807) is 6.08 Å². The van der Waals surface area contributed by atoms with Crippen LogP contribution < -0.4 is 0 Å². The number of rotatable bonds is 15. The van der Waals surface area contributed by atoms with Crippen molar-refractivity contribution in [3.63, 3.8) is 0 Å². The average Bonchev–Trinajstić information content (AvgIpc) is 2.97. The molecule has 0 heterocycles. The van der Waals surface area contributed by atoms with Crippen LogP contribution in [0.4, 0.5) is 0 Å². The first-order chi connectivity index (χ1) is 13.2. The summed E-state index contributed by atoms with van der Waals surface area (Å²) in [5.74, 6) is -0.247. The molecule has 2 unspecified atom stereocenters. The van der Waals surface area contributed by atoms with Crippen LogP contribution in [0.5, 0.6) is 0 Å². The van der Waals surface area contributed by atoms with Crippen molar-refractivity contribution in [3.8, 4) is 0 Å². The fraction of sp³-hybridized carbons (Fsp3) is 0.826. The molecule has 0 aliphatic heterocycles. The maximum atomic E-state index is 11.6. The van der Waals surface area contributed by atoms with E-state index in [1.165, 1.54) is 0 Å². The molecule has 3 N–H and O–H groups in total. The standard InChI is InChI=1S/C23H40O5/c1-4-6-13-23(28,5-2)14-7-8-20-18(10-12-21(20)25)15-17(3)9-11-19(24)16-22(26)27/h5,17-18,20-21,25,28H,2,4,6-16H2,1,3H3,(H,26,27)/t17?,18-,20-,21-,23?/m1/s1. The zero-order valence-electron chi connectivity index (χ0n) is 17.7. The maximum Gasteiger partial charge on any atom is 0.310 e. The van der Waals surface area contributed by atoms with Crippen LogP contribution in [-0.2, 0) is 9.59 Å². The summed E-state index contributed by atoms with van der Waals surface area (Å²) in [6.45, 7) is 8.01. The Balaban J connectivity index is 2.44. The summed E-state index contributed by atoms with van der Waals surface area (Å²) in [4.78, 5) is 22.2. The summed E-state index contributed by atoms with van der Waals surface area (Å²) < 4.78 is 0. The number of unbranched alkanes of at least 4 members (excludes halogenated alkanes) is 1. The van der Waals surface area contributed by atoms with Gasteiger partial charge in [0.2, 0.25) is 0 Å². The number of carboxylic acids is 1. The highest BCUT2D eigenvalue weighted by Gasteiger charge is 2.35. The van der Waals surface area contributed by atoms with Gasteiger partial charge in [-0.15, -0.1) is 6.58 Å². The number of carboxylic acid groups (broad SMARTS) is 1. The van der Waals surface area contributed by atoms with Crippen molar-refractivity contribution in [3.05, 3.63) is 12.7 Å². The van der Waals surface area contributed by atoms with E-state index in [0.29, 0.717) is 31.1 Å². The van der Waals surface area contributed by atoms with Crippen molar-refractivity contribution < 1.29 is 24.9 Å². The summed E-state index contributed by atoms with van der Waals surface area (Å²) >= 11 is 0. The number of hydrogen-bond donors (Lipinski definition) is 3. The minimum absolute atomic E-state index is 0.210. The average molecular weight is 397 g/mol. The molecule has 5 atom stereocenters. The molecule has 0 aromatic carbocycles. The molecule has 1 aliphatic rings. The van der Waals surface area contributed by atoms with Crippen molar-refractivity contribution in [2.75, 3.05) is 0 Å². The van der Waals surface area contributed by atoms with Crippen molar-refractivity contribution >= 4 is 11.8 Å². The van der Waals surface area contributed by atoms with Gasteiger partial charge in [-0.2, -0.15) is 0 Å². The first-order valence-corrected chi connectivity index (χ1v) is 11.0. The Labute approximate surface area is 170 Å². The lowest BCUT2D eigenvalue weighted by Crippen LogP contribution is -2.27. The molecule has 0 aromatic rings. The third kappa shape index (κ3) is 8.87. The van der Waals surface area contributed by atoms with Crippen LogP contribution in [-0.4, -0.2) is 38.8 Å².